The van der Waals surface area contributed by atoms with Crippen LogP contribution in [0.3, 0.4) is 0 Å². The van der Waals surface area contributed by atoms with Crippen LogP contribution in [0.5, 0.6) is 0 Å². The van der Waals surface area contributed by atoms with Gasteiger partial charge in [-0.2, -0.15) is 0 Å². The van der Waals surface area contributed by atoms with Crippen molar-refractivity contribution in [3.63, 3.8) is 0 Å². The SMILES string of the molecule is COCc1ncc(CN2CC(OCc3ccccc3)C2)[nH]1. The number of likely N-dealkylation sites (tertiary alicyclic amines) is 1. The van der Waals surface area contributed by atoms with Crippen LogP contribution in [0.4, 0.5) is 0 Å². The molecule has 1 aliphatic rings. The molecule has 1 aliphatic heterocycles. The molecule has 0 radical (unpaired) electrons. The number of H-pyrrole nitrogens is 1. The van der Waals surface area contributed by atoms with Crippen molar-refractivity contribution in [2.24, 2.45) is 0 Å². The first-order valence-corrected chi connectivity index (χ1v) is 7.23. The Balaban J connectivity index is 1.37. The van der Waals surface area contributed by atoms with Crippen LogP contribution in [0.15, 0.2) is 36.5 Å². The van der Waals surface area contributed by atoms with Crippen LogP contribution < -0.4 is 0 Å². The molecule has 1 N–H and O–H groups in total. The number of benzene rings is 1. The van der Waals surface area contributed by atoms with Gasteiger partial charge in [0, 0.05) is 38.6 Å². The third-order valence-corrected chi connectivity index (χ3v) is 3.61. The van der Waals surface area contributed by atoms with Gasteiger partial charge in [0.2, 0.25) is 0 Å². The molecular formula is C16H21N3O2. The fourth-order valence-corrected chi connectivity index (χ4v) is 2.48. The summed E-state index contributed by atoms with van der Waals surface area (Å²) in [4.78, 5) is 9.89. The summed E-state index contributed by atoms with van der Waals surface area (Å²) in [6.45, 7) is 4.07. The van der Waals surface area contributed by atoms with E-state index in [0.717, 1.165) is 31.2 Å². The predicted octanol–water partition coefficient (Wildman–Crippen LogP) is 1.96. The molecule has 0 unspecified atom stereocenters. The third-order valence-electron chi connectivity index (χ3n) is 3.61. The Bertz CT molecular complexity index is 550. The standard InChI is InChI=1S/C16H21N3O2/c1-20-12-16-17-7-14(18-16)8-19-9-15(10-19)21-11-13-5-3-2-4-6-13/h2-7,15H,8-12H2,1H3,(H,17,18). The minimum atomic E-state index is 0.339. The second kappa shape index (κ2) is 6.85. The Kier molecular flexibility index (Phi) is 4.65. The number of imidazole rings is 1. The van der Waals surface area contributed by atoms with Gasteiger partial charge < -0.3 is 14.5 Å². The zero-order valence-electron chi connectivity index (χ0n) is 12.3. The first kappa shape index (κ1) is 14.3. The summed E-state index contributed by atoms with van der Waals surface area (Å²) in [6.07, 6.45) is 2.22. The molecule has 0 aliphatic carbocycles. The molecule has 0 amide bonds. The first-order chi connectivity index (χ1) is 10.3. The largest absolute Gasteiger partial charge is 0.377 e. The Morgan fingerprint density at radius 1 is 1.24 bits per heavy atom. The maximum Gasteiger partial charge on any atom is 0.132 e. The molecule has 1 fully saturated rings. The summed E-state index contributed by atoms with van der Waals surface area (Å²) < 4.78 is 10.9. The van der Waals surface area contributed by atoms with Crippen LogP contribution in [-0.4, -0.2) is 41.2 Å². The lowest BCUT2D eigenvalue weighted by Crippen LogP contribution is -2.51. The monoisotopic (exact) mass is 287 g/mol. The fourth-order valence-electron chi connectivity index (χ4n) is 2.48. The molecule has 3 rings (SSSR count). The van der Waals surface area contributed by atoms with Crippen molar-refractivity contribution in [3.05, 3.63) is 53.6 Å². The number of hydrogen-bond donors (Lipinski definition) is 1. The number of aromatic nitrogens is 2. The maximum atomic E-state index is 5.89. The fraction of sp³-hybridized carbons (Fsp3) is 0.438. The van der Waals surface area contributed by atoms with Gasteiger partial charge in [-0.05, 0) is 5.56 Å². The summed E-state index contributed by atoms with van der Waals surface area (Å²) in [5.74, 6) is 0.880. The second-order valence-corrected chi connectivity index (χ2v) is 5.40. The number of hydrogen-bond acceptors (Lipinski definition) is 4. The Labute approximate surface area is 124 Å². The Morgan fingerprint density at radius 2 is 2.05 bits per heavy atom. The van der Waals surface area contributed by atoms with Crippen molar-refractivity contribution in [2.75, 3.05) is 20.2 Å². The van der Waals surface area contributed by atoms with Crippen LogP contribution in [0, 0.1) is 0 Å². The van der Waals surface area contributed by atoms with Gasteiger partial charge in [0.1, 0.15) is 12.4 Å². The molecule has 0 spiro atoms. The normalized spacial score (nSPS) is 16.0. The highest BCUT2D eigenvalue weighted by Gasteiger charge is 2.27. The zero-order chi connectivity index (χ0) is 14.5. The van der Waals surface area contributed by atoms with Crippen molar-refractivity contribution >= 4 is 0 Å². The van der Waals surface area contributed by atoms with Gasteiger partial charge in [-0.25, -0.2) is 4.98 Å². The molecule has 5 heteroatoms. The molecular weight excluding hydrogens is 266 g/mol. The van der Waals surface area contributed by atoms with Gasteiger partial charge in [-0.3, -0.25) is 4.90 Å². The number of nitrogens with zero attached hydrogens (tertiary/aromatic N) is 2. The molecule has 0 saturated carbocycles. The van der Waals surface area contributed by atoms with E-state index >= 15 is 0 Å². The van der Waals surface area contributed by atoms with Crippen molar-refractivity contribution in [3.8, 4) is 0 Å². The van der Waals surface area contributed by atoms with Crippen LogP contribution in [0.25, 0.3) is 0 Å². The van der Waals surface area contributed by atoms with Crippen LogP contribution in [-0.2, 0) is 29.2 Å². The van der Waals surface area contributed by atoms with Crippen molar-refractivity contribution in [2.45, 2.75) is 25.9 Å². The number of methoxy groups -OCH3 is 1. The van der Waals surface area contributed by atoms with E-state index in [4.69, 9.17) is 9.47 Å². The summed E-state index contributed by atoms with van der Waals surface area (Å²) in [5.41, 5.74) is 2.36. The highest BCUT2D eigenvalue weighted by atomic mass is 16.5. The number of rotatable bonds is 7. The minimum Gasteiger partial charge on any atom is -0.377 e. The number of nitrogens with one attached hydrogen (secondary N) is 1. The lowest BCUT2D eigenvalue weighted by atomic mass is 10.1. The Hall–Kier alpha value is -1.69. The molecule has 21 heavy (non-hydrogen) atoms. The average Bonchev–Trinajstić information content (AvgIpc) is 2.90. The first-order valence-electron chi connectivity index (χ1n) is 7.23. The van der Waals surface area contributed by atoms with Crippen LogP contribution in [0.1, 0.15) is 17.1 Å². The summed E-state index contributed by atoms with van der Waals surface area (Å²) in [6, 6.07) is 10.3. The van der Waals surface area contributed by atoms with Gasteiger partial charge in [0.05, 0.1) is 12.7 Å². The van der Waals surface area contributed by atoms with Gasteiger partial charge in [-0.1, -0.05) is 30.3 Å². The van der Waals surface area contributed by atoms with Gasteiger partial charge in [-0.15, -0.1) is 0 Å². The van der Waals surface area contributed by atoms with Crippen LogP contribution in [0.2, 0.25) is 0 Å². The van der Waals surface area contributed by atoms with Crippen molar-refractivity contribution in [1.29, 1.82) is 0 Å². The van der Waals surface area contributed by atoms with E-state index in [2.05, 4.69) is 27.0 Å². The third kappa shape index (κ3) is 3.91. The molecule has 5 nitrogen and oxygen atoms in total. The average molecular weight is 287 g/mol. The predicted molar refractivity (Wildman–Crippen MR) is 79.6 cm³/mol. The van der Waals surface area contributed by atoms with E-state index in [1.165, 1.54) is 5.56 Å². The maximum absolute atomic E-state index is 5.89. The van der Waals surface area contributed by atoms with Crippen molar-refractivity contribution in [1.82, 2.24) is 14.9 Å². The van der Waals surface area contributed by atoms with Gasteiger partial charge >= 0.3 is 0 Å². The molecule has 1 aromatic heterocycles. The minimum absolute atomic E-state index is 0.339. The highest BCUT2D eigenvalue weighted by molar-refractivity contribution is 5.13. The number of aromatic amines is 1. The van der Waals surface area contributed by atoms with E-state index in [1.54, 1.807) is 7.11 Å². The van der Waals surface area contributed by atoms with Crippen LogP contribution >= 0.6 is 0 Å². The molecule has 0 atom stereocenters. The van der Waals surface area contributed by atoms with Gasteiger partial charge in [0.25, 0.3) is 0 Å². The topological polar surface area (TPSA) is 50.4 Å². The highest BCUT2D eigenvalue weighted by Crippen LogP contribution is 2.16. The second-order valence-electron chi connectivity index (χ2n) is 5.40. The van der Waals surface area contributed by atoms with Crippen molar-refractivity contribution < 1.29 is 9.47 Å². The van der Waals surface area contributed by atoms with E-state index in [-0.39, 0.29) is 0 Å². The quantitative estimate of drug-likeness (QED) is 0.846. The molecule has 1 aromatic carbocycles. The Morgan fingerprint density at radius 3 is 2.81 bits per heavy atom. The van der Waals surface area contributed by atoms with E-state index in [0.29, 0.717) is 19.3 Å². The lowest BCUT2D eigenvalue weighted by Gasteiger charge is -2.38. The van der Waals surface area contributed by atoms with E-state index in [9.17, 15) is 0 Å². The van der Waals surface area contributed by atoms with E-state index < -0.39 is 0 Å². The molecule has 112 valence electrons. The molecule has 2 aromatic rings. The van der Waals surface area contributed by atoms with Gasteiger partial charge in [0.15, 0.2) is 0 Å². The lowest BCUT2D eigenvalue weighted by molar-refractivity contribution is -0.0662. The molecule has 2 heterocycles. The smallest absolute Gasteiger partial charge is 0.132 e. The summed E-state index contributed by atoms with van der Waals surface area (Å²) >= 11 is 0. The van der Waals surface area contributed by atoms with E-state index in [1.807, 2.05) is 24.4 Å². The summed E-state index contributed by atoms with van der Waals surface area (Å²) in [7, 11) is 1.67. The summed E-state index contributed by atoms with van der Waals surface area (Å²) in [5, 5.41) is 0. The molecule has 0 bridgehead atoms. The number of ether oxygens (including phenoxy) is 2. The zero-order valence-corrected chi connectivity index (χ0v) is 12.3. The molecule has 1 saturated heterocycles.